The Balaban J connectivity index is 1.58. The van der Waals surface area contributed by atoms with Crippen LogP contribution in [0.25, 0.3) is 0 Å². The maximum atomic E-state index is 12.7. The molecule has 2 aromatic rings. The Kier molecular flexibility index (Phi) is 4.22. The van der Waals surface area contributed by atoms with E-state index >= 15 is 0 Å². The number of piperidine rings is 1. The number of amides is 1. The van der Waals surface area contributed by atoms with Gasteiger partial charge in [0.1, 0.15) is 5.82 Å². The minimum absolute atomic E-state index is 0.0228. The molecule has 0 saturated carbocycles. The first kappa shape index (κ1) is 16.8. The second-order valence-electron chi connectivity index (χ2n) is 7.05. The molecule has 0 N–H and O–H groups in total. The van der Waals surface area contributed by atoms with Crippen molar-refractivity contribution in [2.24, 2.45) is 5.92 Å². The molecule has 7 heteroatoms. The van der Waals surface area contributed by atoms with E-state index in [2.05, 4.69) is 5.10 Å². The highest BCUT2D eigenvalue weighted by Gasteiger charge is 2.40. The van der Waals surface area contributed by atoms with Gasteiger partial charge in [0.25, 0.3) is 0 Å². The van der Waals surface area contributed by atoms with E-state index in [1.54, 1.807) is 6.92 Å². The molecule has 2 aliphatic rings. The monoisotopic (exact) mass is 354 g/mol. The number of rotatable bonds is 3. The number of hydrogen-bond acceptors (Lipinski definition) is 4. The van der Waals surface area contributed by atoms with Gasteiger partial charge in [0.05, 0.1) is 6.42 Å². The van der Waals surface area contributed by atoms with Crippen molar-refractivity contribution in [3.8, 4) is 0 Å². The molecule has 4 rings (SSSR count). The molecule has 3 heterocycles. The lowest BCUT2D eigenvalue weighted by Crippen LogP contribution is -2.44. The first-order chi connectivity index (χ1) is 12.6. The predicted octanol–water partition coefficient (Wildman–Crippen LogP) is 0.613. The molecule has 1 amide bonds. The topological polar surface area (TPSA) is 77.2 Å². The van der Waals surface area contributed by atoms with E-state index in [-0.39, 0.29) is 17.7 Å². The Morgan fingerprint density at radius 1 is 1.15 bits per heavy atom. The summed E-state index contributed by atoms with van der Waals surface area (Å²) in [6, 6.07) is 9.71. The average molecular weight is 354 g/mol. The van der Waals surface area contributed by atoms with Crippen LogP contribution in [-0.2, 0) is 24.3 Å². The molecular weight excluding hydrogens is 332 g/mol. The number of nitrogens with zero attached hydrogens (tertiary/aromatic N) is 4. The molecule has 136 valence electrons. The van der Waals surface area contributed by atoms with Crippen LogP contribution in [0.1, 0.15) is 30.7 Å². The molecule has 0 unspecified atom stereocenters. The highest BCUT2D eigenvalue weighted by Crippen LogP contribution is 2.37. The Morgan fingerprint density at radius 3 is 2.65 bits per heavy atom. The number of fused-ring (bicyclic) bond motifs is 3. The van der Waals surface area contributed by atoms with Crippen molar-refractivity contribution in [2.45, 2.75) is 38.8 Å². The van der Waals surface area contributed by atoms with Crippen LogP contribution in [-0.4, -0.2) is 38.2 Å². The van der Waals surface area contributed by atoms with Gasteiger partial charge in [-0.15, -0.1) is 0 Å². The molecule has 0 aliphatic carbocycles. The zero-order valence-corrected chi connectivity index (χ0v) is 14.8. The predicted molar refractivity (Wildman–Crippen MR) is 96.0 cm³/mol. The van der Waals surface area contributed by atoms with Gasteiger partial charge in [0, 0.05) is 32.1 Å². The van der Waals surface area contributed by atoms with Crippen molar-refractivity contribution in [2.75, 3.05) is 13.1 Å². The van der Waals surface area contributed by atoms with E-state index in [0.717, 1.165) is 12.0 Å². The Morgan fingerprint density at radius 2 is 1.92 bits per heavy atom. The molecule has 1 aromatic carbocycles. The van der Waals surface area contributed by atoms with Gasteiger partial charge in [-0.3, -0.25) is 19.0 Å². The lowest BCUT2D eigenvalue weighted by Gasteiger charge is -2.34. The quantitative estimate of drug-likeness (QED) is 0.757. The van der Waals surface area contributed by atoms with E-state index in [0.29, 0.717) is 38.4 Å². The van der Waals surface area contributed by atoms with Crippen molar-refractivity contribution in [3.63, 3.8) is 0 Å². The Bertz CT molecular complexity index is 947. The van der Waals surface area contributed by atoms with E-state index < -0.39 is 11.1 Å². The van der Waals surface area contributed by atoms with Crippen molar-refractivity contribution in [1.82, 2.24) is 19.2 Å². The SMILES string of the molecule is CCn1nc2n(c(=O)c1=O)C[C@H]1CCN(C(=O)Cc3ccccc3)C[C@H]21. The average Bonchev–Trinajstić information content (AvgIpc) is 3.03. The maximum Gasteiger partial charge on any atom is 0.332 e. The van der Waals surface area contributed by atoms with Crippen LogP contribution in [0.2, 0.25) is 0 Å². The minimum atomic E-state index is -0.563. The third kappa shape index (κ3) is 2.77. The largest absolute Gasteiger partial charge is 0.342 e. The van der Waals surface area contributed by atoms with Gasteiger partial charge < -0.3 is 4.90 Å². The maximum absolute atomic E-state index is 12.7. The van der Waals surface area contributed by atoms with Gasteiger partial charge >= 0.3 is 11.1 Å². The molecule has 1 fully saturated rings. The first-order valence-electron chi connectivity index (χ1n) is 9.12. The highest BCUT2D eigenvalue weighted by atomic mass is 16.2. The molecule has 0 spiro atoms. The Hall–Kier alpha value is -2.70. The summed E-state index contributed by atoms with van der Waals surface area (Å²) < 4.78 is 2.76. The van der Waals surface area contributed by atoms with E-state index in [1.165, 1.54) is 9.25 Å². The van der Waals surface area contributed by atoms with Crippen molar-refractivity contribution < 1.29 is 4.79 Å². The summed E-state index contributed by atoms with van der Waals surface area (Å²) in [6.07, 6.45) is 1.21. The molecule has 0 bridgehead atoms. The number of benzene rings is 1. The lowest BCUT2D eigenvalue weighted by atomic mass is 9.87. The summed E-state index contributed by atoms with van der Waals surface area (Å²) in [5.41, 5.74) is -0.0547. The Labute approximate surface area is 150 Å². The van der Waals surface area contributed by atoms with E-state index in [4.69, 9.17) is 0 Å². The van der Waals surface area contributed by atoms with E-state index in [9.17, 15) is 14.4 Å². The molecule has 26 heavy (non-hydrogen) atoms. The lowest BCUT2D eigenvalue weighted by molar-refractivity contribution is -0.132. The molecule has 7 nitrogen and oxygen atoms in total. The van der Waals surface area contributed by atoms with Crippen LogP contribution in [0.3, 0.4) is 0 Å². The number of aryl methyl sites for hydroxylation is 1. The molecule has 1 aromatic heterocycles. The molecule has 1 saturated heterocycles. The van der Waals surface area contributed by atoms with Crippen molar-refractivity contribution >= 4 is 5.91 Å². The standard InChI is InChI=1S/C19H22N4O3/c1-2-23-19(26)18(25)22-11-14-8-9-21(12-15(14)17(22)20-23)16(24)10-13-6-4-3-5-7-13/h3-7,14-15H,2,8-12H2,1H3/t14-,15+/m1/s1. The van der Waals surface area contributed by atoms with Crippen molar-refractivity contribution in [3.05, 3.63) is 62.4 Å². The van der Waals surface area contributed by atoms with Crippen LogP contribution in [0.4, 0.5) is 0 Å². The van der Waals surface area contributed by atoms with Crippen LogP contribution >= 0.6 is 0 Å². The number of likely N-dealkylation sites (tertiary alicyclic amines) is 1. The van der Waals surface area contributed by atoms with Gasteiger partial charge in [0.15, 0.2) is 0 Å². The number of carbonyl (C=O) groups is 1. The summed E-state index contributed by atoms with van der Waals surface area (Å²) in [4.78, 5) is 39.0. The third-order valence-corrected chi connectivity index (χ3v) is 5.52. The zero-order valence-electron chi connectivity index (χ0n) is 14.8. The summed E-state index contributed by atoms with van der Waals surface area (Å²) in [5.74, 6) is 1.04. The van der Waals surface area contributed by atoms with Crippen LogP contribution in [0.15, 0.2) is 39.9 Å². The smallest absolute Gasteiger partial charge is 0.332 e. The van der Waals surface area contributed by atoms with Gasteiger partial charge in [-0.2, -0.15) is 5.10 Å². The van der Waals surface area contributed by atoms with Crippen LogP contribution in [0.5, 0.6) is 0 Å². The fourth-order valence-electron chi connectivity index (χ4n) is 4.07. The van der Waals surface area contributed by atoms with Gasteiger partial charge in [-0.25, -0.2) is 4.68 Å². The third-order valence-electron chi connectivity index (χ3n) is 5.52. The van der Waals surface area contributed by atoms with Gasteiger partial charge in [-0.1, -0.05) is 30.3 Å². The van der Waals surface area contributed by atoms with Crippen molar-refractivity contribution in [1.29, 1.82) is 0 Å². The normalized spacial score (nSPS) is 21.3. The van der Waals surface area contributed by atoms with Gasteiger partial charge in [-0.05, 0) is 24.8 Å². The van der Waals surface area contributed by atoms with E-state index in [1.807, 2.05) is 35.2 Å². The van der Waals surface area contributed by atoms with Crippen LogP contribution < -0.4 is 11.1 Å². The molecular formula is C19H22N4O3. The molecule has 0 radical (unpaired) electrons. The highest BCUT2D eigenvalue weighted by molar-refractivity contribution is 5.79. The second-order valence-corrected chi connectivity index (χ2v) is 7.05. The van der Waals surface area contributed by atoms with Gasteiger partial charge in [0.2, 0.25) is 5.91 Å². The summed E-state index contributed by atoms with van der Waals surface area (Å²) in [6.45, 7) is 3.95. The summed E-state index contributed by atoms with van der Waals surface area (Å²) in [5, 5.41) is 4.42. The van der Waals surface area contributed by atoms with Crippen LogP contribution in [0, 0.1) is 5.92 Å². The minimum Gasteiger partial charge on any atom is -0.342 e. The fraction of sp³-hybridized carbons (Fsp3) is 0.474. The number of hydrogen-bond donors (Lipinski definition) is 0. The summed E-state index contributed by atoms with van der Waals surface area (Å²) >= 11 is 0. The second kappa shape index (κ2) is 6.55. The molecule has 2 aliphatic heterocycles. The number of aromatic nitrogens is 3. The molecule has 2 atom stereocenters. The summed E-state index contributed by atoms with van der Waals surface area (Å²) in [7, 11) is 0. The first-order valence-corrected chi connectivity index (χ1v) is 9.12. The number of carbonyl (C=O) groups excluding carboxylic acids is 1. The fourth-order valence-corrected chi connectivity index (χ4v) is 4.07. The zero-order chi connectivity index (χ0) is 18.3.